The molecular formula is C13H21NO2. The van der Waals surface area contributed by atoms with E-state index in [2.05, 4.69) is 11.4 Å². The normalized spacial score (nSPS) is 10.4. The lowest BCUT2D eigenvalue weighted by molar-refractivity contribution is 0.284. The lowest BCUT2D eigenvalue weighted by atomic mass is 10.1. The highest BCUT2D eigenvalue weighted by Gasteiger charge is 2.00. The zero-order valence-electron chi connectivity index (χ0n) is 9.91. The second-order valence-electron chi connectivity index (χ2n) is 3.74. The molecule has 3 heteroatoms. The Kier molecular flexibility index (Phi) is 6.61. The molecule has 0 saturated heterocycles. The van der Waals surface area contributed by atoms with Crippen LogP contribution in [0.25, 0.3) is 0 Å². The van der Waals surface area contributed by atoms with Gasteiger partial charge in [-0.15, -0.1) is 0 Å². The van der Waals surface area contributed by atoms with Crippen molar-refractivity contribution in [2.75, 3.05) is 26.8 Å². The van der Waals surface area contributed by atoms with E-state index in [1.807, 2.05) is 18.2 Å². The van der Waals surface area contributed by atoms with Crippen molar-refractivity contribution >= 4 is 0 Å². The van der Waals surface area contributed by atoms with Gasteiger partial charge >= 0.3 is 0 Å². The second kappa shape index (κ2) is 8.13. The van der Waals surface area contributed by atoms with Crippen LogP contribution in [0.3, 0.4) is 0 Å². The van der Waals surface area contributed by atoms with Crippen molar-refractivity contribution in [2.24, 2.45) is 0 Å². The molecule has 0 heterocycles. The number of benzene rings is 1. The third-order valence-corrected chi connectivity index (χ3v) is 2.53. The van der Waals surface area contributed by atoms with Crippen molar-refractivity contribution in [3.05, 3.63) is 29.8 Å². The highest BCUT2D eigenvalue weighted by atomic mass is 16.5. The highest BCUT2D eigenvalue weighted by molar-refractivity contribution is 5.33. The van der Waals surface area contributed by atoms with Crippen LogP contribution < -0.4 is 10.1 Å². The van der Waals surface area contributed by atoms with Gasteiger partial charge in [-0.3, -0.25) is 0 Å². The molecular weight excluding hydrogens is 202 g/mol. The van der Waals surface area contributed by atoms with Gasteiger partial charge in [-0.2, -0.15) is 0 Å². The van der Waals surface area contributed by atoms with Crippen molar-refractivity contribution in [2.45, 2.75) is 19.3 Å². The Morgan fingerprint density at radius 1 is 1.19 bits per heavy atom. The number of aliphatic hydroxyl groups is 1. The van der Waals surface area contributed by atoms with E-state index in [1.54, 1.807) is 7.11 Å². The number of rotatable bonds is 8. The first-order valence-electron chi connectivity index (χ1n) is 5.82. The predicted octanol–water partition coefficient (Wildman–Crippen LogP) is 1.60. The number of hydrogen-bond acceptors (Lipinski definition) is 3. The van der Waals surface area contributed by atoms with Crippen molar-refractivity contribution in [3.63, 3.8) is 0 Å². The van der Waals surface area contributed by atoms with E-state index in [9.17, 15) is 0 Å². The minimum absolute atomic E-state index is 0.286. The molecule has 90 valence electrons. The van der Waals surface area contributed by atoms with E-state index in [0.717, 1.165) is 38.1 Å². The monoisotopic (exact) mass is 223 g/mol. The van der Waals surface area contributed by atoms with Crippen LogP contribution in [0.1, 0.15) is 18.4 Å². The maximum Gasteiger partial charge on any atom is 0.122 e. The summed E-state index contributed by atoms with van der Waals surface area (Å²) in [4.78, 5) is 0. The molecule has 1 aromatic rings. The predicted molar refractivity (Wildman–Crippen MR) is 65.9 cm³/mol. The van der Waals surface area contributed by atoms with Crippen molar-refractivity contribution in [3.8, 4) is 5.75 Å². The number of aliphatic hydroxyl groups excluding tert-OH is 1. The Balaban J connectivity index is 2.21. The Morgan fingerprint density at radius 3 is 2.75 bits per heavy atom. The maximum atomic E-state index is 8.62. The third-order valence-electron chi connectivity index (χ3n) is 2.53. The molecule has 0 unspecified atom stereocenters. The minimum atomic E-state index is 0.286. The van der Waals surface area contributed by atoms with Gasteiger partial charge < -0.3 is 15.2 Å². The molecule has 0 spiro atoms. The molecule has 0 atom stereocenters. The van der Waals surface area contributed by atoms with Crippen molar-refractivity contribution in [1.82, 2.24) is 5.32 Å². The summed E-state index contributed by atoms with van der Waals surface area (Å²) in [6.07, 6.45) is 2.88. The Labute approximate surface area is 97.4 Å². The van der Waals surface area contributed by atoms with Gasteiger partial charge in [-0.25, -0.2) is 0 Å². The Morgan fingerprint density at radius 2 is 2.00 bits per heavy atom. The lowest BCUT2D eigenvalue weighted by Crippen LogP contribution is -2.18. The van der Waals surface area contributed by atoms with Crippen LogP contribution in [0.5, 0.6) is 5.75 Å². The summed E-state index contributed by atoms with van der Waals surface area (Å²) < 4.78 is 5.28. The van der Waals surface area contributed by atoms with E-state index >= 15 is 0 Å². The van der Waals surface area contributed by atoms with Crippen LogP contribution in [0.15, 0.2) is 24.3 Å². The van der Waals surface area contributed by atoms with E-state index in [1.165, 1.54) is 5.56 Å². The van der Waals surface area contributed by atoms with Gasteiger partial charge in [0.2, 0.25) is 0 Å². The molecule has 0 aliphatic heterocycles. The SMILES string of the molecule is COc1ccccc1CCNCCCCO. The molecule has 3 nitrogen and oxygen atoms in total. The smallest absolute Gasteiger partial charge is 0.122 e. The van der Waals surface area contributed by atoms with Crippen LogP contribution in [-0.2, 0) is 6.42 Å². The van der Waals surface area contributed by atoms with E-state index in [-0.39, 0.29) is 6.61 Å². The molecule has 16 heavy (non-hydrogen) atoms. The number of methoxy groups -OCH3 is 1. The van der Waals surface area contributed by atoms with Crippen LogP contribution in [0.4, 0.5) is 0 Å². The molecule has 0 amide bonds. The fraction of sp³-hybridized carbons (Fsp3) is 0.538. The average Bonchev–Trinajstić information content (AvgIpc) is 2.34. The first kappa shape index (κ1) is 13.0. The highest BCUT2D eigenvalue weighted by Crippen LogP contribution is 2.17. The van der Waals surface area contributed by atoms with Gasteiger partial charge in [-0.05, 0) is 44.0 Å². The van der Waals surface area contributed by atoms with Crippen molar-refractivity contribution in [1.29, 1.82) is 0 Å². The fourth-order valence-electron chi connectivity index (χ4n) is 1.62. The Bertz CT molecular complexity index is 289. The number of hydrogen-bond donors (Lipinski definition) is 2. The maximum absolute atomic E-state index is 8.62. The number of nitrogens with one attached hydrogen (secondary N) is 1. The Hall–Kier alpha value is -1.06. The average molecular weight is 223 g/mol. The largest absolute Gasteiger partial charge is 0.496 e. The summed E-state index contributed by atoms with van der Waals surface area (Å²) in [5.41, 5.74) is 1.24. The molecule has 2 N–H and O–H groups in total. The topological polar surface area (TPSA) is 41.5 Å². The summed E-state index contributed by atoms with van der Waals surface area (Å²) in [7, 11) is 1.70. The molecule has 0 aromatic heterocycles. The summed E-state index contributed by atoms with van der Waals surface area (Å²) in [5.74, 6) is 0.958. The summed E-state index contributed by atoms with van der Waals surface area (Å²) in [5, 5.41) is 12.0. The zero-order chi connectivity index (χ0) is 11.6. The van der Waals surface area contributed by atoms with Gasteiger partial charge in [0.05, 0.1) is 7.11 Å². The molecule has 0 aliphatic rings. The summed E-state index contributed by atoms with van der Waals surface area (Å²) in [6, 6.07) is 8.09. The second-order valence-corrected chi connectivity index (χ2v) is 3.74. The molecule has 0 saturated carbocycles. The lowest BCUT2D eigenvalue weighted by Gasteiger charge is -2.08. The van der Waals surface area contributed by atoms with Crippen molar-refractivity contribution < 1.29 is 9.84 Å². The van der Waals surface area contributed by atoms with Gasteiger partial charge in [-0.1, -0.05) is 18.2 Å². The first-order chi connectivity index (χ1) is 7.88. The molecule has 0 radical (unpaired) electrons. The van der Waals surface area contributed by atoms with E-state index in [4.69, 9.17) is 9.84 Å². The number of unbranched alkanes of at least 4 members (excludes halogenated alkanes) is 1. The van der Waals surface area contributed by atoms with E-state index < -0.39 is 0 Å². The fourth-order valence-corrected chi connectivity index (χ4v) is 1.62. The van der Waals surface area contributed by atoms with E-state index in [0.29, 0.717) is 0 Å². The third kappa shape index (κ3) is 4.64. The summed E-state index contributed by atoms with van der Waals surface area (Å²) >= 11 is 0. The number of para-hydroxylation sites is 1. The molecule has 1 aromatic carbocycles. The minimum Gasteiger partial charge on any atom is -0.496 e. The van der Waals surface area contributed by atoms with Gasteiger partial charge in [0.15, 0.2) is 0 Å². The quantitative estimate of drug-likeness (QED) is 0.658. The molecule has 0 fully saturated rings. The van der Waals surface area contributed by atoms with Crippen LogP contribution in [-0.4, -0.2) is 31.9 Å². The molecule has 1 rings (SSSR count). The van der Waals surface area contributed by atoms with Gasteiger partial charge in [0, 0.05) is 6.61 Å². The van der Waals surface area contributed by atoms with Crippen LogP contribution in [0, 0.1) is 0 Å². The molecule has 0 aliphatic carbocycles. The summed E-state index contributed by atoms with van der Waals surface area (Å²) in [6.45, 7) is 2.20. The van der Waals surface area contributed by atoms with Gasteiger partial charge in [0.25, 0.3) is 0 Å². The number of ether oxygens (including phenoxy) is 1. The van der Waals surface area contributed by atoms with Gasteiger partial charge in [0.1, 0.15) is 5.75 Å². The zero-order valence-corrected chi connectivity index (χ0v) is 9.91. The van der Waals surface area contributed by atoms with Crippen LogP contribution >= 0.6 is 0 Å². The standard InChI is InChI=1S/C13H21NO2/c1-16-13-7-3-2-6-12(13)8-10-14-9-4-5-11-15/h2-3,6-7,14-15H,4-5,8-11H2,1H3. The van der Waals surface area contributed by atoms with Crippen LogP contribution in [0.2, 0.25) is 0 Å². The molecule has 0 bridgehead atoms. The first-order valence-corrected chi connectivity index (χ1v) is 5.82.